The Hall–Kier alpha value is -3.08. The topological polar surface area (TPSA) is 67.4 Å². The fourth-order valence-electron chi connectivity index (χ4n) is 3.87. The van der Waals surface area contributed by atoms with E-state index in [1.54, 1.807) is 24.3 Å². The summed E-state index contributed by atoms with van der Waals surface area (Å²) in [6, 6.07) is 14.9. The molecule has 1 aliphatic carbocycles. The van der Waals surface area contributed by atoms with E-state index >= 15 is 0 Å². The molecule has 1 aliphatic heterocycles. The Morgan fingerprint density at radius 1 is 1.00 bits per heavy atom. The van der Waals surface area contributed by atoms with Gasteiger partial charge in [0.2, 0.25) is 0 Å². The number of amides is 2. The van der Waals surface area contributed by atoms with Gasteiger partial charge in [-0.25, -0.2) is 0 Å². The van der Waals surface area contributed by atoms with Crippen molar-refractivity contribution in [2.24, 2.45) is 0 Å². The first-order valence-electron chi connectivity index (χ1n) is 10.4. The van der Waals surface area contributed by atoms with E-state index in [9.17, 15) is 9.59 Å². The predicted octanol–water partition coefficient (Wildman–Crippen LogP) is 4.90. The lowest BCUT2D eigenvalue weighted by Crippen LogP contribution is -2.35. The minimum Gasteiger partial charge on any atom is -0.449 e. The summed E-state index contributed by atoms with van der Waals surface area (Å²) in [5.74, 6) is 0.349. The molecule has 0 atom stereocenters. The zero-order valence-corrected chi connectivity index (χ0v) is 16.4. The number of nitrogens with one attached hydrogen (secondary N) is 2. The molecule has 1 saturated carbocycles. The van der Waals surface area contributed by atoms with E-state index in [-0.39, 0.29) is 23.6 Å². The maximum absolute atomic E-state index is 12.7. The maximum atomic E-state index is 12.7. The van der Waals surface area contributed by atoms with Crippen molar-refractivity contribution in [2.45, 2.75) is 51.0 Å². The van der Waals surface area contributed by atoms with E-state index in [2.05, 4.69) is 10.6 Å². The van der Waals surface area contributed by atoms with Crippen LogP contribution < -0.4 is 15.4 Å². The number of carbonyl (C=O) groups is 2. The van der Waals surface area contributed by atoms with E-state index in [1.807, 2.05) is 30.3 Å². The molecule has 2 aromatic carbocycles. The molecule has 4 rings (SSSR count). The molecule has 5 heteroatoms. The molecule has 2 N–H and O–H groups in total. The normalized spacial score (nSPS) is 18.8. The number of rotatable bonds is 3. The van der Waals surface area contributed by atoms with Gasteiger partial charge in [-0.15, -0.1) is 0 Å². The molecule has 0 bridgehead atoms. The highest BCUT2D eigenvalue weighted by Crippen LogP contribution is 2.32. The minimum atomic E-state index is -0.320. The molecular formula is C24H26N2O3. The third-order valence-electron chi connectivity index (χ3n) is 5.47. The van der Waals surface area contributed by atoms with Crippen molar-refractivity contribution in [3.8, 4) is 5.75 Å². The van der Waals surface area contributed by atoms with Gasteiger partial charge in [0.1, 0.15) is 0 Å². The number of fused-ring (bicyclic) bond motifs is 1. The molecule has 0 aromatic heterocycles. The second-order valence-corrected chi connectivity index (χ2v) is 7.70. The first-order chi connectivity index (χ1) is 14.2. The summed E-state index contributed by atoms with van der Waals surface area (Å²) in [6.07, 6.45) is 9.87. The lowest BCUT2D eigenvalue weighted by Gasteiger charge is -2.23. The third kappa shape index (κ3) is 4.86. The first kappa shape index (κ1) is 19.2. The highest BCUT2D eigenvalue weighted by molar-refractivity contribution is 6.09. The van der Waals surface area contributed by atoms with E-state index in [4.69, 9.17) is 4.74 Å². The Morgan fingerprint density at radius 3 is 2.48 bits per heavy atom. The van der Waals surface area contributed by atoms with Crippen molar-refractivity contribution in [1.29, 1.82) is 0 Å². The van der Waals surface area contributed by atoms with Gasteiger partial charge in [-0.05, 0) is 42.7 Å². The van der Waals surface area contributed by atoms with Crippen LogP contribution in [0.25, 0.3) is 6.08 Å². The number of hydrogen-bond donors (Lipinski definition) is 2. The fourth-order valence-corrected chi connectivity index (χ4v) is 3.87. The van der Waals surface area contributed by atoms with Crippen LogP contribution in [0.1, 0.15) is 60.9 Å². The molecule has 1 fully saturated rings. The van der Waals surface area contributed by atoms with Gasteiger partial charge in [0.25, 0.3) is 11.8 Å². The van der Waals surface area contributed by atoms with Crippen LogP contribution in [-0.4, -0.2) is 17.9 Å². The summed E-state index contributed by atoms with van der Waals surface area (Å²) < 4.78 is 5.78. The fraction of sp³-hybridized carbons (Fsp3) is 0.333. The van der Waals surface area contributed by atoms with E-state index in [0.29, 0.717) is 17.0 Å². The van der Waals surface area contributed by atoms with Crippen LogP contribution in [0.4, 0.5) is 5.69 Å². The van der Waals surface area contributed by atoms with Crippen LogP contribution in [0.5, 0.6) is 5.75 Å². The van der Waals surface area contributed by atoms with Crippen LogP contribution in [0.15, 0.2) is 54.3 Å². The minimum absolute atomic E-state index is 0.0988. The number of benzene rings is 2. The van der Waals surface area contributed by atoms with Crippen LogP contribution in [0, 0.1) is 0 Å². The lowest BCUT2D eigenvalue weighted by molar-refractivity contribution is -0.115. The molecule has 2 aliphatic rings. The lowest BCUT2D eigenvalue weighted by atomic mass is 9.96. The molecule has 0 spiro atoms. The number of ether oxygens (including phenoxy) is 1. The number of carbonyl (C=O) groups excluding carboxylic acids is 2. The average Bonchev–Trinajstić information content (AvgIpc) is 2.71. The first-order valence-corrected chi connectivity index (χ1v) is 10.4. The number of hydrogen-bond acceptors (Lipinski definition) is 3. The van der Waals surface area contributed by atoms with Gasteiger partial charge in [0, 0.05) is 11.6 Å². The summed E-state index contributed by atoms with van der Waals surface area (Å²) in [5.41, 5.74) is 1.94. The molecule has 29 heavy (non-hydrogen) atoms. The van der Waals surface area contributed by atoms with Gasteiger partial charge in [0.05, 0.1) is 5.69 Å². The van der Waals surface area contributed by atoms with E-state index in [0.717, 1.165) is 31.2 Å². The Labute approximate surface area is 171 Å². The Bertz CT molecular complexity index is 913. The second-order valence-electron chi connectivity index (χ2n) is 7.70. The Kier molecular flexibility index (Phi) is 5.94. The molecular weight excluding hydrogens is 364 g/mol. The predicted molar refractivity (Wildman–Crippen MR) is 114 cm³/mol. The standard InChI is InChI=1S/C24H26N2O3/c27-23(25-19-11-7-2-1-3-8-12-19)18-13-14-21-20(16-18)26-24(28)22(29-21)15-17-9-5-4-6-10-17/h4-6,9-10,13-16,19H,1-3,7-8,11-12H2,(H,25,27)(H,26,28)/b22-15-. The van der Waals surface area contributed by atoms with Crippen molar-refractivity contribution in [1.82, 2.24) is 5.32 Å². The summed E-state index contributed by atoms with van der Waals surface area (Å²) in [7, 11) is 0. The smallest absolute Gasteiger partial charge is 0.291 e. The summed E-state index contributed by atoms with van der Waals surface area (Å²) in [6.45, 7) is 0. The molecule has 2 aromatic rings. The summed E-state index contributed by atoms with van der Waals surface area (Å²) in [4.78, 5) is 25.1. The largest absolute Gasteiger partial charge is 0.449 e. The van der Waals surface area contributed by atoms with Crippen LogP contribution in [0.3, 0.4) is 0 Å². The molecule has 0 radical (unpaired) electrons. The number of anilines is 1. The van der Waals surface area contributed by atoms with Gasteiger partial charge >= 0.3 is 0 Å². The van der Waals surface area contributed by atoms with Gasteiger partial charge in [-0.3, -0.25) is 9.59 Å². The molecule has 0 unspecified atom stereocenters. The van der Waals surface area contributed by atoms with Gasteiger partial charge < -0.3 is 15.4 Å². The molecule has 1 heterocycles. The highest BCUT2D eigenvalue weighted by atomic mass is 16.5. The Balaban J connectivity index is 1.46. The zero-order chi connectivity index (χ0) is 20.1. The van der Waals surface area contributed by atoms with Crippen molar-refractivity contribution in [3.05, 3.63) is 65.4 Å². The third-order valence-corrected chi connectivity index (χ3v) is 5.47. The van der Waals surface area contributed by atoms with Crippen molar-refractivity contribution in [3.63, 3.8) is 0 Å². The second kappa shape index (κ2) is 8.95. The molecule has 5 nitrogen and oxygen atoms in total. The van der Waals surface area contributed by atoms with E-state index in [1.165, 1.54) is 19.3 Å². The van der Waals surface area contributed by atoms with E-state index < -0.39 is 0 Å². The van der Waals surface area contributed by atoms with Crippen LogP contribution in [-0.2, 0) is 4.79 Å². The SMILES string of the molecule is O=C1Nc2cc(C(=O)NC3CCCCCCC3)ccc2O/C1=C\c1ccccc1. The van der Waals surface area contributed by atoms with Gasteiger partial charge in [-0.1, -0.05) is 62.4 Å². The molecule has 150 valence electrons. The van der Waals surface area contributed by atoms with Crippen LogP contribution >= 0.6 is 0 Å². The van der Waals surface area contributed by atoms with Gasteiger partial charge in [-0.2, -0.15) is 0 Å². The van der Waals surface area contributed by atoms with Crippen LogP contribution in [0.2, 0.25) is 0 Å². The zero-order valence-electron chi connectivity index (χ0n) is 16.4. The molecule has 0 saturated heterocycles. The van der Waals surface area contributed by atoms with Gasteiger partial charge in [0.15, 0.2) is 11.5 Å². The van der Waals surface area contributed by atoms with Crippen molar-refractivity contribution < 1.29 is 14.3 Å². The summed E-state index contributed by atoms with van der Waals surface area (Å²) in [5, 5.41) is 5.99. The van der Waals surface area contributed by atoms with Crippen molar-refractivity contribution in [2.75, 3.05) is 5.32 Å². The van der Waals surface area contributed by atoms with Crippen molar-refractivity contribution >= 4 is 23.6 Å². The molecule has 2 amide bonds. The summed E-state index contributed by atoms with van der Waals surface area (Å²) >= 11 is 0. The monoisotopic (exact) mass is 390 g/mol. The quantitative estimate of drug-likeness (QED) is 0.733. The maximum Gasteiger partial charge on any atom is 0.291 e. The average molecular weight is 390 g/mol. The Morgan fingerprint density at radius 2 is 1.72 bits per heavy atom. The highest BCUT2D eigenvalue weighted by Gasteiger charge is 2.24.